The monoisotopic (exact) mass is 337 g/mol. The van der Waals surface area contributed by atoms with Gasteiger partial charge in [-0.05, 0) is 12.3 Å². The van der Waals surface area contributed by atoms with E-state index in [4.69, 9.17) is 5.11 Å². The molecule has 0 unspecified atom stereocenters. The maximum absolute atomic E-state index is 11.8. The summed E-state index contributed by atoms with van der Waals surface area (Å²) in [6, 6.07) is -0.754. The van der Waals surface area contributed by atoms with Gasteiger partial charge in [-0.25, -0.2) is 4.79 Å². The Labute approximate surface area is 164 Å². The number of carboxylic acid groups (broad SMARTS) is 1. The van der Waals surface area contributed by atoms with Gasteiger partial charge < -0.3 is 10.4 Å². The number of carbonyl (C=O) groups excluding carboxylic acids is 1. The van der Waals surface area contributed by atoms with Crippen molar-refractivity contribution < 1.29 is 14.7 Å². The third-order valence-corrected chi connectivity index (χ3v) is 4.30. The van der Waals surface area contributed by atoms with Crippen LogP contribution in [0, 0.1) is 5.92 Å². The first kappa shape index (κ1) is 25.2. The second-order valence-corrected chi connectivity index (χ2v) is 6.35. The molecule has 0 aromatic carbocycles. The Hall–Kier alpha value is -0.0600. The van der Waals surface area contributed by atoms with Crippen molar-refractivity contribution in [1.82, 2.24) is 5.32 Å². The fourth-order valence-electron chi connectivity index (χ4n) is 2.52. The van der Waals surface area contributed by atoms with E-state index in [1.807, 2.05) is 13.8 Å². The van der Waals surface area contributed by atoms with E-state index in [0.717, 1.165) is 19.3 Å². The minimum absolute atomic E-state index is 0. The predicted molar refractivity (Wildman–Crippen MR) is 98.0 cm³/mol. The molecular weight excluding hydrogens is 301 g/mol. The molecule has 0 radical (unpaired) electrons. The summed E-state index contributed by atoms with van der Waals surface area (Å²) in [5, 5.41) is 11.8. The fraction of sp³-hybridized carbons (Fsp3) is 0.889. The van der Waals surface area contributed by atoms with Gasteiger partial charge in [0.15, 0.2) is 0 Å². The van der Waals surface area contributed by atoms with Crippen LogP contribution in [0.3, 0.4) is 0 Å². The number of aliphatic carboxylic acids is 1. The molecule has 0 rings (SSSR count). The zero-order valence-corrected chi connectivity index (χ0v) is 14.7. The standard InChI is InChI=1S/C18H35NO3.Na.H/c1-4-6-7-8-9-10-11-12-13-14-16(20)19-17(18(21)22)15(3)5-2;;/h15,17H,4-14H2,1-3H3,(H,19,20)(H,21,22);;/t15-,17-;;/m0../s1. The van der Waals surface area contributed by atoms with Gasteiger partial charge in [-0.1, -0.05) is 78.6 Å². The van der Waals surface area contributed by atoms with E-state index in [2.05, 4.69) is 12.2 Å². The number of rotatable bonds is 14. The first-order valence-electron chi connectivity index (χ1n) is 9.05. The van der Waals surface area contributed by atoms with Crippen molar-refractivity contribution in [3.8, 4) is 0 Å². The van der Waals surface area contributed by atoms with Gasteiger partial charge in [-0.3, -0.25) is 4.79 Å². The summed E-state index contributed by atoms with van der Waals surface area (Å²) >= 11 is 0. The zero-order chi connectivity index (χ0) is 16.8. The molecular formula is C18H36NNaO3. The Balaban J connectivity index is 0. The average molecular weight is 337 g/mol. The summed E-state index contributed by atoms with van der Waals surface area (Å²) in [6.07, 6.45) is 12.1. The van der Waals surface area contributed by atoms with Crippen LogP contribution in [-0.2, 0) is 9.59 Å². The first-order chi connectivity index (χ1) is 10.5. The molecule has 0 bridgehead atoms. The summed E-state index contributed by atoms with van der Waals surface area (Å²) in [5.74, 6) is -1.10. The van der Waals surface area contributed by atoms with E-state index >= 15 is 0 Å². The molecule has 0 saturated heterocycles. The molecule has 132 valence electrons. The fourth-order valence-corrected chi connectivity index (χ4v) is 2.52. The van der Waals surface area contributed by atoms with Crippen LogP contribution < -0.4 is 5.32 Å². The molecule has 0 aromatic rings. The molecule has 1 amide bonds. The van der Waals surface area contributed by atoms with Crippen LogP contribution in [0.5, 0.6) is 0 Å². The molecule has 2 N–H and O–H groups in total. The molecule has 0 aromatic heterocycles. The number of hydrogen-bond donors (Lipinski definition) is 2. The topological polar surface area (TPSA) is 66.4 Å². The van der Waals surface area contributed by atoms with Crippen molar-refractivity contribution in [2.75, 3.05) is 0 Å². The molecule has 23 heavy (non-hydrogen) atoms. The number of amides is 1. The molecule has 0 fully saturated rings. The first-order valence-corrected chi connectivity index (χ1v) is 9.05. The van der Waals surface area contributed by atoms with Crippen LogP contribution in [0.2, 0.25) is 0 Å². The van der Waals surface area contributed by atoms with Gasteiger partial charge in [0.1, 0.15) is 6.04 Å². The van der Waals surface area contributed by atoms with Crippen molar-refractivity contribution in [1.29, 1.82) is 0 Å². The summed E-state index contributed by atoms with van der Waals surface area (Å²) in [5.41, 5.74) is 0. The summed E-state index contributed by atoms with van der Waals surface area (Å²) in [7, 11) is 0. The van der Waals surface area contributed by atoms with Gasteiger partial charge in [0.25, 0.3) is 0 Å². The van der Waals surface area contributed by atoms with Gasteiger partial charge in [0.2, 0.25) is 5.91 Å². The Kier molecular flexibility index (Phi) is 18.4. The number of nitrogens with one attached hydrogen (secondary N) is 1. The Morgan fingerprint density at radius 2 is 1.39 bits per heavy atom. The number of unbranched alkanes of at least 4 members (excludes halogenated alkanes) is 8. The van der Waals surface area contributed by atoms with Crippen LogP contribution in [0.15, 0.2) is 0 Å². The molecule has 2 atom stereocenters. The molecule has 0 saturated carbocycles. The van der Waals surface area contributed by atoms with Crippen molar-refractivity contribution in [3.63, 3.8) is 0 Å². The number of hydrogen-bond acceptors (Lipinski definition) is 2. The van der Waals surface area contributed by atoms with E-state index in [9.17, 15) is 9.59 Å². The SMILES string of the molecule is CCCCCCCCCCCC(=O)N[C@H](C(=O)O)[C@@H](C)CC.[NaH]. The summed E-state index contributed by atoms with van der Waals surface area (Å²) in [6.45, 7) is 6.02. The molecule has 0 aliphatic heterocycles. The maximum atomic E-state index is 11.8. The van der Waals surface area contributed by atoms with Crippen molar-refractivity contribution >= 4 is 41.4 Å². The van der Waals surface area contributed by atoms with Crippen LogP contribution in [0.4, 0.5) is 0 Å². The third kappa shape index (κ3) is 14.0. The predicted octanol–water partition coefficient (Wildman–Crippen LogP) is 3.87. The second kappa shape index (κ2) is 16.8. The van der Waals surface area contributed by atoms with E-state index in [1.54, 1.807) is 0 Å². The van der Waals surface area contributed by atoms with Crippen LogP contribution in [0.1, 0.15) is 91.4 Å². The summed E-state index contributed by atoms with van der Waals surface area (Å²) < 4.78 is 0. The van der Waals surface area contributed by atoms with Gasteiger partial charge in [-0.15, -0.1) is 0 Å². The van der Waals surface area contributed by atoms with E-state index < -0.39 is 12.0 Å². The molecule has 5 heteroatoms. The molecule has 0 aliphatic rings. The number of carboxylic acids is 1. The van der Waals surface area contributed by atoms with Gasteiger partial charge in [0, 0.05) is 6.42 Å². The van der Waals surface area contributed by atoms with Crippen molar-refractivity contribution in [3.05, 3.63) is 0 Å². The Bertz CT molecular complexity index is 311. The van der Waals surface area contributed by atoms with Gasteiger partial charge in [-0.2, -0.15) is 0 Å². The molecule has 0 aliphatic carbocycles. The minimum atomic E-state index is -0.935. The van der Waals surface area contributed by atoms with E-state index in [1.165, 1.54) is 44.9 Å². The normalized spacial score (nSPS) is 13.0. The molecule has 0 spiro atoms. The second-order valence-electron chi connectivity index (χ2n) is 6.35. The van der Waals surface area contributed by atoms with E-state index in [-0.39, 0.29) is 41.4 Å². The third-order valence-electron chi connectivity index (χ3n) is 4.30. The zero-order valence-electron chi connectivity index (χ0n) is 14.7. The van der Waals surface area contributed by atoms with Crippen molar-refractivity contribution in [2.45, 2.75) is 97.4 Å². The van der Waals surface area contributed by atoms with Crippen LogP contribution in [-0.4, -0.2) is 52.6 Å². The van der Waals surface area contributed by atoms with Crippen molar-refractivity contribution in [2.24, 2.45) is 5.92 Å². The van der Waals surface area contributed by atoms with Crippen LogP contribution in [0.25, 0.3) is 0 Å². The van der Waals surface area contributed by atoms with Gasteiger partial charge in [0.05, 0.1) is 0 Å². The summed E-state index contributed by atoms with van der Waals surface area (Å²) in [4.78, 5) is 23.0. The average Bonchev–Trinajstić information content (AvgIpc) is 2.50. The Morgan fingerprint density at radius 1 is 0.913 bits per heavy atom. The molecule has 4 nitrogen and oxygen atoms in total. The Morgan fingerprint density at radius 3 is 1.83 bits per heavy atom. The van der Waals surface area contributed by atoms with Crippen LogP contribution >= 0.6 is 0 Å². The number of carbonyl (C=O) groups is 2. The quantitative estimate of drug-likeness (QED) is 0.373. The van der Waals surface area contributed by atoms with Gasteiger partial charge >= 0.3 is 35.5 Å². The molecule has 0 heterocycles. The van der Waals surface area contributed by atoms with E-state index in [0.29, 0.717) is 6.42 Å².